The molecule has 0 aromatic rings. The molecular formula is C9H17N3O3. The van der Waals surface area contributed by atoms with Gasteiger partial charge in [-0.1, -0.05) is 6.92 Å². The molecule has 0 bridgehead atoms. The van der Waals surface area contributed by atoms with Crippen molar-refractivity contribution in [1.29, 1.82) is 0 Å². The van der Waals surface area contributed by atoms with E-state index in [4.69, 9.17) is 10.5 Å². The van der Waals surface area contributed by atoms with Crippen molar-refractivity contribution in [1.82, 2.24) is 10.2 Å². The molecule has 1 aliphatic rings. The van der Waals surface area contributed by atoms with E-state index < -0.39 is 6.03 Å². The summed E-state index contributed by atoms with van der Waals surface area (Å²) in [6.45, 7) is 4.30. The number of amides is 3. The van der Waals surface area contributed by atoms with Crippen LogP contribution in [-0.4, -0.2) is 49.2 Å². The summed E-state index contributed by atoms with van der Waals surface area (Å²) in [4.78, 5) is 23.6. The topological polar surface area (TPSA) is 84.7 Å². The molecule has 6 nitrogen and oxygen atoms in total. The molecule has 1 rings (SSSR count). The predicted molar refractivity (Wildman–Crippen MR) is 54.2 cm³/mol. The van der Waals surface area contributed by atoms with Gasteiger partial charge >= 0.3 is 6.03 Å². The number of morpholine rings is 1. The number of hydrogen-bond acceptors (Lipinski definition) is 4. The van der Waals surface area contributed by atoms with Crippen LogP contribution in [0.3, 0.4) is 0 Å². The summed E-state index contributed by atoms with van der Waals surface area (Å²) in [5, 5.41) is 2.04. The van der Waals surface area contributed by atoms with Crippen LogP contribution in [0.4, 0.5) is 4.79 Å². The molecule has 1 saturated heterocycles. The Hall–Kier alpha value is -1.14. The fourth-order valence-electron chi connectivity index (χ4n) is 1.55. The first-order valence-corrected chi connectivity index (χ1v) is 5.05. The van der Waals surface area contributed by atoms with Crippen molar-refractivity contribution in [2.45, 2.75) is 19.4 Å². The number of imide groups is 1. The summed E-state index contributed by atoms with van der Waals surface area (Å²) in [5.74, 6) is -0.362. The van der Waals surface area contributed by atoms with E-state index in [-0.39, 0.29) is 18.6 Å². The van der Waals surface area contributed by atoms with Crippen LogP contribution in [0.2, 0.25) is 0 Å². The number of hydrogen-bond donors (Lipinski definition) is 2. The van der Waals surface area contributed by atoms with Gasteiger partial charge in [0.15, 0.2) is 0 Å². The highest BCUT2D eigenvalue weighted by Gasteiger charge is 2.20. The van der Waals surface area contributed by atoms with E-state index in [0.29, 0.717) is 13.2 Å². The van der Waals surface area contributed by atoms with E-state index in [1.807, 2.05) is 17.1 Å². The maximum Gasteiger partial charge on any atom is 0.318 e. The third-order valence-electron chi connectivity index (χ3n) is 2.31. The van der Waals surface area contributed by atoms with Gasteiger partial charge in [0.1, 0.15) is 0 Å². The van der Waals surface area contributed by atoms with Crippen molar-refractivity contribution in [2.75, 3.05) is 26.2 Å². The maximum atomic E-state index is 11.2. The minimum atomic E-state index is -0.805. The lowest BCUT2D eigenvalue weighted by Crippen LogP contribution is -2.48. The van der Waals surface area contributed by atoms with E-state index in [2.05, 4.69) is 0 Å². The van der Waals surface area contributed by atoms with Gasteiger partial charge in [-0.25, -0.2) is 4.79 Å². The summed E-state index contributed by atoms with van der Waals surface area (Å²) in [6, 6.07) is -0.805. The second-order valence-corrected chi connectivity index (χ2v) is 3.55. The van der Waals surface area contributed by atoms with Crippen LogP contribution < -0.4 is 11.1 Å². The third kappa shape index (κ3) is 4.26. The van der Waals surface area contributed by atoms with E-state index in [1.165, 1.54) is 0 Å². The molecular weight excluding hydrogens is 198 g/mol. The van der Waals surface area contributed by atoms with Crippen LogP contribution in [0, 0.1) is 0 Å². The Morgan fingerprint density at radius 2 is 2.33 bits per heavy atom. The third-order valence-corrected chi connectivity index (χ3v) is 2.31. The van der Waals surface area contributed by atoms with Crippen molar-refractivity contribution >= 4 is 11.9 Å². The molecule has 15 heavy (non-hydrogen) atoms. The van der Waals surface area contributed by atoms with Gasteiger partial charge in [-0.3, -0.25) is 15.0 Å². The van der Waals surface area contributed by atoms with Gasteiger partial charge in [-0.05, 0) is 6.42 Å². The number of urea groups is 1. The summed E-state index contributed by atoms with van der Waals surface area (Å²) >= 11 is 0. The molecule has 0 aromatic heterocycles. The van der Waals surface area contributed by atoms with Gasteiger partial charge in [0, 0.05) is 13.1 Å². The van der Waals surface area contributed by atoms with Crippen LogP contribution in [0.5, 0.6) is 0 Å². The van der Waals surface area contributed by atoms with Crippen LogP contribution in [-0.2, 0) is 9.53 Å². The summed E-state index contributed by atoms with van der Waals surface area (Å²) in [5.41, 5.74) is 4.84. The SMILES string of the molecule is CC[C@H]1CN(CC(=O)NC(N)=O)CCO1. The average Bonchev–Trinajstić information content (AvgIpc) is 2.16. The Bertz CT molecular complexity index is 245. The first-order valence-electron chi connectivity index (χ1n) is 5.05. The smallest absolute Gasteiger partial charge is 0.318 e. The molecule has 0 aromatic carbocycles. The van der Waals surface area contributed by atoms with Gasteiger partial charge in [-0.2, -0.15) is 0 Å². The molecule has 0 unspecified atom stereocenters. The largest absolute Gasteiger partial charge is 0.376 e. The molecule has 6 heteroatoms. The quantitative estimate of drug-likeness (QED) is 0.651. The number of nitrogens with two attached hydrogens (primary N) is 1. The second-order valence-electron chi connectivity index (χ2n) is 3.55. The molecule has 86 valence electrons. The minimum Gasteiger partial charge on any atom is -0.376 e. The predicted octanol–water partition coefficient (Wildman–Crippen LogP) is -0.708. The number of rotatable bonds is 3. The van der Waals surface area contributed by atoms with Crippen LogP contribution in [0.15, 0.2) is 0 Å². The number of ether oxygens (including phenoxy) is 1. The molecule has 1 heterocycles. The second kappa shape index (κ2) is 5.67. The van der Waals surface area contributed by atoms with E-state index in [1.54, 1.807) is 0 Å². The number of carbonyl (C=O) groups is 2. The molecule has 0 radical (unpaired) electrons. The van der Waals surface area contributed by atoms with Crippen molar-refractivity contribution in [3.8, 4) is 0 Å². The van der Waals surface area contributed by atoms with E-state index >= 15 is 0 Å². The molecule has 0 saturated carbocycles. The number of nitrogens with zero attached hydrogens (tertiary/aromatic N) is 1. The Balaban J connectivity index is 2.31. The summed E-state index contributed by atoms with van der Waals surface area (Å²) in [6.07, 6.45) is 1.11. The highest BCUT2D eigenvalue weighted by Crippen LogP contribution is 2.07. The molecule has 3 N–H and O–H groups in total. The fourth-order valence-corrected chi connectivity index (χ4v) is 1.55. The molecule has 1 fully saturated rings. The van der Waals surface area contributed by atoms with Gasteiger partial charge < -0.3 is 10.5 Å². The Morgan fingerprint density at radius 1 is 1.60 bits per heavy atom. The Morgan fingerprint density at radius 3 is 2.93 bits per heavy atom. The zero-order valence-electron chi connectivity index (χ0n) is 8.86. The normalized spacial score (nSPS) is 22.3. The monoisotopic (exact) mass is 215 g/mol. The first-order chi connectivity index (χ1) is 7.11. The number of carbonyl (C=O) groups excluding carboxylic acids is 2. The van der Waals surface area contributed by atoms with Crippen LogP contribution >= 0.6 is 0 Å². The van der Waals surface area contributed by atoms with Gasteiger partial charge in [0.2, 0.25) is 5.91 Å². The van der Waals surface area contributed by atoms with Crippen molar-refractivity contribution in [2.24, 2.45) is 5.73 Å². The van der Waals surface area contributed by atoms with Crippen LogP contribution in [0.1, 0.15) is 13.3 Å². The number of nitrogens with one attached hydrogen (secondary N) is 1. The lowest BCUT2D eigenvalue weighted by atomic mass is 10.2. The fraction of sp³-hybridized carbons (Fsp3) is 0.778. The minimum absolute atomic E-state index is 0.181. The van der Waals surface area contributed by atoms with Crippen molar-refractivity contribution in [3.63, 3.8) is 0 Å². The van der Waals surface area contributed by atoms with Crippen molar-refractivity contribution in [3.05, 3.63) is 0 Å². The number of primary amides is 1. The molecule has 0 spiro atoms. The zero-order valence-corrected chi connectivity index (χ0v) is 8.86. The molecule has 3 amide bonds. The maximum absolute atomic E-state index is 11.2. The van der Waals surface area contributed by atoms with Gasteiger partial charge in [-0.15, -0.1) is 0 Å². The molecule has 0 aliphatic carbocycles. The zero-order chi connectivity index (χ0) is 11.3. The summed E-state index contributed by atoms with van der Waals surface area (Å²) < 4.78 is 5.46. The van der Waals surface area contributed by atoms with Gasteiger partial charge in [0.25, 0.3) is 0 Å². The van der Waals surface area contributed by atoms with E-state index in [9.17, 15) is 9.59 Å². The van der Waals surface area contributed by atoms with Crippen LogP contribution in [0.25, 0.3) is 0 Å². The van der Waals surface area contributed by atoms with Gasteiger partial charge in [0.05, 0.1) is 19.3 Å². The molecule has 1 atom stereocenters. The Kier molecular flexibility index (Phi) is 4.51. The highest BCUT2D eigenvalue weighted by molar-refractivity contribution is 5.94. The van der Waals surface area contributed by atoms with E-state index in [0.717, 1.165) is 13.0 Å². The van der Waals surface area contributed by atoms with Crippen molar-refractivity contribution < 1.29 is 14.3 Å². The average molecular weight is 215 g/mol. The lowest BCUT2D eigenvalue weighted by molar-refractivity contribution is -0.123. The lowest BCUT2D eigenvalue weighted by Gasteiger charge is -2.31. The summed E-state index contributed by atoms with van der Waals surface area (Å²) in [7, 11) is 0. The standard InChI is InChI=1S/C9H17N3O3/c1-2-7-5-12(3-4-15-7)6-8(13)11-9(10)14/h7H,2-6H2,1H3,(H3,10,11,13,14)/t7-/m0/s1. The highest BCUT2D eigenvalue weighted by atomic mass is 16.5. The Labute approximate surface area is 88.7 Å². The molecule has 1 aliphatic heterocycles. The first kappa shape index (κ1) is 11.9.